The highest BCUT2D eigenvalue weighted by Crippen LogP contribution is 2.13. The molecule has 0 spiro atoms. The first-order valence-electron chi connectivity index (χ1n) is 5.22. The summed E-state index contributed by atoms with van der Waals surface area (Å²) in [5.41, 5.74) is -0.287. The van der Waals surface area contributed by atoms with Crippen LogP contribution < -0.4 is 15.6 Å². The van der Waals surface area contributed by atoms with Crippen LogP contribution in [0.2, 0.25) is 0 Å². The highest BCUT2D eigenvalue weighted by Gasteiger charge is 2.07. The molecule has 0 radical (unpaired) electrons. The van der Waals surface area contributed by atoms with Crippen molar-refractivity contribution in [2.24, 2.45) is 0 Å². The summed E-state index contributed by atoms with van der Waals surface area (Å²) in [7, 11) is 1.44. The van der Waals surface area contributed by atoms with E-state index in [2.05, 4.69) is 15.3 Å². The first-order chi connectivity index (χ1) is 7.79. The van der Waals surface area contributed by atoms with Crippen molar-refractivity contribution in [3.63, 3.8) is 0 Å². The Morgan fingerprint density at radius 2 is 2.38 bits per heavy atom. The molecule has 0 amide bonds. The van der Waals surface area contributed by atoms with Gasteiger partial charge in [-0.3, -0.25) is 4.79 Å². The Balaban J connectivity index is 2.47. The third-order valence-corrected chi connectivity index (χ3v) is 1.98. The molecule has 1 heterocycles. The minimum atomic E-state index is -0.287. The number of anilines is 1. The Morgan fingerprint density at radius 3 is 3.06 bits per heavy atom. The maximum absolute atomic E-state index is 11.3. The van der Waals surface area contributed by atoms with E-state index in [1.807, 2.05) is 6.92 Å². The van der Waals surface area contributed by atoms with Crippen LogP contribution in [0.1, 0.15) is 13.3 Å². The third kappa shape index (κ3) is 3.54. The van der Waals surface area contributed by atoms with Crippen LogP contribution in [0.3, 0.4) is 0 Å². The molecule has 0 aliphatic carbocycles. The number of aromatic nitrogens is 2. The normalized spacial score (nSPS) is 10.1. The Morgan fingerprint density at radius 1 is 1.56 bits per heavy atom. The number of hydrogen-bond acceptors (Lipinski definition) is 5. The summed E-state index contributed by atoms with van der Waals surface area (Å²) in [6.07, 6.45) is 2.20. The SMILES string of the molecule is CCOCCCNc1nc[nH]c(=O)c1OC. The van der Waals surface area contributed by atoms with Gasteiger partial charge in [0.15, 0.2) is 5.82 Å². The van der Waals surface area contributed by atoms with Gasteiger partial charge in [-0.1, -0.05) is 0 Å². The van der Waals surface area contributed by atoms with E-state index in [0.717, 1.165) is 6.42 Å². The fraction of sp³-hybridized carbons (Fsp3) is 0.600. The van der Waals surface area contributed by atoms with Crippen LogP contribution in [0.25, 0.3) is 0 Å². The van der Waals surface area contributed by atoms with Crippen LogP contribution in [0.15, 0.2) is 11.1 Å². The maximum atomic E-state index is 11.3. The number of aromatic amines is 1. The van der Waals surface area contributed by atoms with Gasteiger partial charge >= 0.3 is 0 Å². The molecule has 0 bridgehead atoms. The zero-order chi connectivity index (χ0) is 11.8. The average molecular weight is 227 g/mol. The summed E-state index contributed by atoms with van der Waals surface area (Å²) in [6, 6.07) is 0. The van der Waals surface area contributed by atoms with Crippen molar-refractivity contribution < 1.29 is 9.47 Å². The molecular formula is C10H17N3O3. The van der Waals surface area contributed by atoms with E-state index in [1.165, 1.54) is 13.4 Å². The highest BCUT2D eigenvalue weighted by molar-refractivity contribution is 5.47. The van der Waals surface area contributed by atoms with Crippen LogP contribution in [-0.2, 0) is 4.74 Å². The lowest BCUT2D eigenvalue weighted by molar-refractivity contribution is 0.147. The van der Waals surface area contributed by atoms with Crippen LogP contribution >= 0.6 is 0 Å². The second kappa shape index (κ2) is 6.84. The van der Waals surface area contributed by atoms with E-state index in [9.17, 15) is 4.79 Å². The molecule has 0 aliphatic heterocycles. The van der Waals surface area contributed by atoms with E-state index in [-0.39, 0.29) is 11.3 Å². The van der Waals surface area contributed by atoms with E-state index in [1.54, 1.807) is 0 Å². The van der Waals surface area contributed by atoms with Crippen LogP contribution in [0.5, 0.6) is 5.75 Å². The molecular weight excluding hydrogens is 210 g/mol. The molecule has 0 unspecified atom stereocenters. The molecule has 1 rings (SSSR count). The first kappa shape index (κ1) is 12.5. The van der Waals surface area contributed by atoms with E-state index >= 15 is 0 Å². The topological polar surface area (TPSA) is 76.2 Å². The third-order valence-electron chi connectivity index (χ3n) is 1.98. The summed E-state index contributed by atoms with van der Waals surface area (Å²) in [4.78, 5) is 17.8. The number of ether oxygens (including phenoxy) is 2. The van der Waals surface area contributed by atoms with Gasteiger partial charge in [0, 0.05) is 19.8 Å². The van der Waals surface area contributed by atoms with Gasteiger partial charge in [0.25, 0.3) is 5.56 Å². The van der Waals surface area contributed by atoms with Crippen molar-refractivity contribution in [2.45, 2.75) is 13.3 Å². The molecule has 6 heteroatoms. The van der Waals surface area contributed by atoms with E-state index in [0.29, 0.717) is 25.6 Å². The molecule has 0 saturated heterocycles. The quantitative estimate of drug-likeness (QED) is 0.668. The van der Waals surface area contributed by atoms with Gasteiger partial charge in [-0.05, 0) is 13.3 Å². The van der Waals surface area contributed by atoms with Gasteiger partial charge in [0.1, 0.15) is 0 Å². The molecule has 0 aliphatic rings. The lowest BCUT2D eigenvalue weighted by Gasteiger charge is -2.08. The average Bonchev–Trinajstić information content (AvgIpc) is 2.29. The molecule has 2 N–H and O–H groups in total. The zero-order valence-corrected chi connectivity index (χ0v) is 9.58. The number of hydrogen-bond donors (Lipinski definition) is 2. The Kier molecular flexibility index (Phi) is 5.35. The summed E-state index contributed by atoms with van der Waals surface area (Å²) in [6.45, 7) is 4.04. The molecule has 0 saturated carbocycles. The minimum absolute atomic E-state index is 0.207. The van der Waals surface area contributed by atoms with Gasteiger partial charge in [-0.15, -0.1) is 0 Å². The smallest absolute Gasteiger partial charge is 0.295 e. The first-order valence-corrected chi connectivity index (χ1v) is 5.22. The van der Waals surface area contributed by atoms with Gasteiger partial charge < -0.3 is 19.8 Å². The molecule has 0 atom stereocenters. The number of nitrogens with one attached hydrogen (secondary N) is 2. The van der Waals surface area contributed by atoms with Crippen LogP contribution in [0, 0.1) is 0 Å². The second-order valence-corrected chi connectivity index (χ2v) is 3.09. The van der Waals surface area contributed by atoms with Crippen LogP contribution in [-0.4, -0.2) is 36.8 Å². The van der Waals surface area contributed by atoms with Crippen molar-refractivity contribution >= 4 is 5.82 Å². The van der Waals surface area contributed by atoms with Crippen molar-refractivity contribution in [2.75, 3.05) is 32.2 Å². The summed E-state index contributed by atoms with van der Waals surface area (Å²) >= 11 is 0. The highest BCUT2D eigenvalue weighted by atomic mass is 16.5. The molecule has 1 aromatic heterocycles. The predicted octanol–water partition coefficient (Wildman–Crippen LogP) is 0.617. The molecule has 90 valence electrons. The maximum Gasteiger partial charge on any atom is 0.295 e. The van der Waals surface area contributed by atoms with Crippen molar-refractivity contribution in [1.29, 1.82) is 0 Å². The van der Waals surface area contributed by atoms with Crippen LogP contribution in [0.4, 0.5) is 5.82 Å². The molecule has 0 aromatic carbocycles. The Labute approximate surface area is 94.0 Å². The van der Waals surface area contributed by atoms with E-state index in [4.69, 9.17) is 9.47 Å². The predicted molar refractivity (Wildman–Crippen MR) is 61.0 cm³/mol. The minimum Gasteiger partial charge on any atom is -0.489 e. The number of methoxy groups -OCH3 is 1. The van der Waals surface area contributed by atoms with Gasteiger partial charge in [-0.25, -0.2) is 4.98 Å². The molecule has 16 heavy (non-hydrogen) atoms. The van der Waals surface area contributed by atoms with Crippen molar-refractivity contribution in [1.82, 2.24) is 9.97 Å². The second-order valence-electron chi connectivity index (χ2n) is 3.09. The van der Waals surface area contributed by atoms with E-state index < -0.39 is 0 Å². The fourth-order valence-corrected chi connectivity index (χ4v) is 1.23. The summed E-state index contributed by atoms with van der Waals surface area (Å²) < 4.78 is 10.1. The van der Waals surface area contributed by atoms with Gasteiger partial charge in [0.2, 0.25) is 5.75 Å². The van der Waals surface area contributed by atoms with Gasteiger partial charge in [-0.2, -0.15) is 0 Å². The Bertz CT molecular complexity index is 365. The lowest BCUT2D eigenvalue weighted by Crippen LogP contribution is -2.15. The van der Waals surface area contributed by atoms with Crippen molar-refractivity contribution in [3.8, 4) is 5.75 Å². The monoisotopic (exact) mass is 227 g/mol. The number of rotatable bonds is 7. The van der Waals surface area contributed by atoms with Gasteiger partial charge in [0.05, 0.1) is 13.4 Å². The summed E-state index contributed by atoms with van der Waals surface area (Å²) in [5, 5.41) is 3.03. The fourth-order valence-electron chi connectivity index (χ4n) is 1.23. The molecule has 6 nitrogen and oxygen atoms in total. The molecule has 1 aromatic rings. The number of nitrogens with zero attached hydrogens (tertiary/aromatic N) is 1. The lowest BCUT2D eigenvalue weighted by atomic mass is 10.4. The van der Waals surface area contributed by atoms with Crippen molar-refractivity contribution in [3.05, 3.63) is 16.7 Å². The summed E-state index contributed by atoms with van der Waals surface area (Å²) in [5.74, 6) is 0.668. The Hall–Kier alpha value is -1.56. The number of H-pyrrole nitrogens is 1. The molecule has 0 fully saturated rings. The zero-order valence-electron chi connectivity index (χ0n) is 9.58. The largest absolute Gasteiger partial charge is 0.489 e. The standard InChI is InChI=1S/C10H17N3O3/c1-3-16-6-4-5-11-9-8(15-2)10(14)13-7-12-9/h7H,3-6H2,1-2H3,(H2,11,12,13,14).